The molecule has 0 spiro atoms. The largest absolute Gasteiger partial charge is 0.466 e. The van der Waals surface area contributed by atoms with Gasteiger partial charge >= 0.3 is 5.97 Å². The van der Waals surface area contributed by atoms with Gasteiger partial charge in [0.1, 0.15) is 0 Å². The molecule has 19 heavy (non-hydrogen) atoms. The molecule has 3 nitrogen and oxygen atoms in total. The summed E-state index contributed by atoms with van der Waals surface area (Å²) in [4.78, 5) is 12.9. The predicted octanol–water partition coefficient (Wildman–Crippen LogP) is 3.61. The highest BCUT2D eigenvalue weighted by molar-refractivity contribution is 7.10. The molecule has 0 unspecified atom stereocenters. The maximum Gasteiger partial charge on any atom is 0.308 e. The Bertz CT molecular complexity index is 413. The fourth-order valence-corrected chi connectivity index (χ4v) is 3.51. The van der Waals surface area contributed by atoms with E-state index in [1.54, 1.807) is 11.3 Å². The van der Waals surface area contributed by atoms with Crippen molar-refractivity contribution < 1.29 is 9.53 Å². The summed E-state index contributed by atoms with van der Waals surface area (Å²) in [5.74, 6) is 0.0835. The Kier molecular flexibility index (Phi) is 5.67. The Hall–Kier alpha value is -0.580. The van der Waals surface area contributed by atoms with E-state index in [4.69, 9.17) is 16.3 Å². The van der Waals surface area contributed by atoms with E-state index in [1.807, 2.05) is 18.4 Å². The lowest BCUT2D eigenvalue weighted by atomic mass is 9.86. The number of esters is 1. The standard InChI is InChI=1S/C14H20ClNO2S/c1-2-18-14(17)10-3-5-12(6-4-10)16-8-13-7-11(15)9-19-13/h7,9-10,12,16H,2-6,8H2,1H3. The van der Waals surface area contributed by atoms with Crippen LogP contribution in [0.25, 0.3) is 0 Å². The molecule has 1 aliphatic rings. The lowest BCUT2D eigenvalue weighted by Crippen LogP contribution is -2.34. The number of rotatable bonds is 5. The third-order valence-corrected chi connectivity index (χ3v) is 4.82. The molecular weight excluding hydrogens is 282 g/mol. The monoisotopic (exact) mass is 301 g/mol. The van der Waals surface area contributed by atoms with Gasteiger partial charge in [0.15, 0.2) is 0 Å². The number of halogens is 1. The van der Waals surface area contributed by atoms with Crippen LogP contribution in [0.2, 0.25) is 5.02 Å². The van der Waals surface area contributed by atoms with E-state index < -0.39 is 0 Å². The van der Waals surface area contributed by atoms with Crippen LogP contribution in [0.1, 0.15) is 37.5 Å². The van der Waals surface area contributed by atoms with Crippen molar-refractivity contribution in [3.63, 3.8) is 0 Å². The first-order chi connectivity index (χ1) is 9.19. The van der Waals surface area contributed by atoms with Crippen molar-refractivity contribution >= 4 is 28.9 Å². The summed E-state index contributed by atoms with van der Waals surface area (Å²) in [6.45, 7) is 3.21. The average Bonchev–Trinajstić information content (AvgIpc) is 2.83. The zero-order valence-corrected chi connectivity index (χ0v) is 12.7. The number of nitrogens with one attached hydrogen (secondary N) is 1. The van der Waals surface area contributed by atoms with Crippen molar-refractivity contribution in [3.8, 4) is 0 Å². The van der Waals surface area contributed by atoms with Gasteiger partial charge in [0, 0.05) is 22.8 Å². The van der Waals surface area contributed by atoms with E-state index in [2.05, 4.69) is 5.32 Å². The van der Waals surface area contributed by atoms with Crippen LogP contribution in [0.3, 0.4) is 0 Å². The van der Waals surface area contributed by atoms with Crippen molar-refractivity contribution in [2.45, 2.75) is 45.2 Å². The molecule has 0 saturated heterocycles. The number of hydrogen-bond donors (Lipinski definition) is 1. The van der Waals surface area contributed by atoms with Crippen molar-refractivity contribution in [3.05, 3.63) is 21.3 Å². The van der Waals surface area contributed by atoms with E-state index >= 15 is 0 Å². The molecule has 106 valence electrons. The van der Waals surface area contributed by atoms with Gasteiger partial charge in [0.2, 0.25) is 0 Å². The van der Waals surface area contributed by atoms with E-state index in [-0.39, 0.29) is 11.9 Å². The topological polar surface area (TPSA) is 38.3 Å². The van der Waals surface area contributed by atoms with E-state index in [1.165, 1.54) is 4.88 Å². The smallest absolute Gasteiger partial charge is 0.308 e. The fraction of sp³-hybridized carbons (Fsp3) is 0.643. The average molecular weight is 302 g/mol. The minimum Gasteiger partial charge on any atom is -0.466 e. The van der Waals surface area contributed by atoms with Crippen LogP contribution in [-0.4, -0.2) is 18.6 Å². The molecule has 1 aromatic rings. The van der Waals surface area contributed by atoms with Crippen LogP contribution >= 0.6 is 22.9 Å². The molecule has 1 saturated carbocycles. The summed E-state index contributed by atoms with van der Waals surface area (Å²) < 4.78 is 5.08. The van der Waals surface area contributed by atoms with Gasteiger partial charge in [-0.2, -0.15) is 0 Å². The molecule has 0 radical (unpaired) electrons. The second-order valence-electron chi connectivity index (χ2n) is 4.91. The molecule has 0 aromatic carbocycles. The lowest BCUT2D eigenvalue weighted by molar-refractivity contribution is -0.149. The molecular formula is C14H20ClNO2S. The summed E-state index contributed by atoms with van der Waals surface area (Å²) in [7, 11) is 0. The minimum absolute atomic E-state index is 0.0222. The minimum atomic E-state index is -0.0222. The summed E-state index contributed by atoms with van der Waals surface area (Å²) in [6, 6.07) is 2.51. The maximum atomic E-state index is 11.6. The molecule has 0 amide bonds. The molecule has 5 heteroatoms. The molecule has 2 rings (SSSR count). The van der Waals surface area contributed by atoms with Gasteiger partial charge in [-0.25, -0.2) is 0 Å². The number of hydrogen-bond acceptors (Lipinski definition) is 4. The van der Waals surface area contributed by atoms with Crippen LogP contribution < -0.4 is 5.32 Å². The van der Waals surface area contributed by atoms with Crippen LogP contribution in [0, 0.1) is 5.92 Å². The number of thiophene rings is 1. The second kappa shape index (κ2) is 7.27. The Balaban J connectivity index is 1.70. The summed E-state index contributed by atoms with van der Waals surface area (Å²) in [6.07, 6.45) is 3.95. The first-order valence-corrected chi connectivity index (χ1v) is 8.07. The lowest BCUT2D eigenvalue weighted by Gasteiger charge is -2.27. The van der Waals surface area contributed by atoms with Crippen molar-refractivity contribution in [1.82, 2.24) is 5.32 Å². The Morgan fingerprint density at radius 3 is 2.79 bits per heavy atom. The van der Waals surface area contributed by atoms with Gasteiger partial charge in [-0.05, 0) is 38.7 Å². The fourth-order valence-electron chi connectivity index (χ4n) is 2.48. The summed E-state index contributed by atoms with van der Waals surface area (Å²) >= 11 is 7.58. The first-order valence-electron chi connectivity index (χ1n) is 6.82. The van der Waals surface area contributed by atoms with Gasteiger partial charge in [-0.1, -0.05) is 11.6 Å². The van der Waals surface area contributed by atoms with Crippen molar-refractivity contribution in [2.24, 2.45) is 5.92 Å². The van der Waals surface area contributed by atoms with E-state index in [0.717, 1.165) is 37.3 Å². The molecule has 1 aromatic heterocycles. The van der Waals surface area contributed by atoms with Gasteiger partial charge in [-0.3, -0.25) is 4.79 Å². The second-order valence-corrected chi connectivity index (χ2v) is 6.34. The SMILES string of the molecule is CCOC(=O)C1CCC(NCc2cc(Cl)cs2)CC1. The Morgan fingerprint density at radius 1 is 1.47 bits per heavy atom. The van der Waals surface area contributed by atoms with Gasteiger partial charge < -0.3 is 10.1 Å². The van der Waals surface area contributed by atoms with Crippen molar-refractivity contribution in [1.29, 1.82) is 0 Å². The van der Waals surface area contributed by atoms with E-state index in [9.17, 15) is 4.79 Å². The maximum absolute atomic E-state index is 11.6. The van der Waals surface area contributed by atoms with Crippen LogP contribution in [0.5, 0.6) is 0 Å². The zero-order chi connectivity index (χ0) is 13.7. The highest BCUT2D eigenvalue weighted by Crippen LogP contribution is 2.26. The zero-order valence-electron chi connectivity index (χ0n) is 11.2. The van der Waals surface area contributed by atoms with Crippen LogP contribution in [0.4, 0.5) is 0 Å². The molecule has 0 bridgehead atoms. The Labute approximate surface area is 123 Å². The third kappa shape index (κ3) is 4.48. The molecule has 1 fully saturated rings. The van der Waals surface area contributed by atoms with Crippen molar-refractivity contribution in [2.75, 3.05) is 6.61 Å². The normalized spacial score (nSPS) is 23.3. The number of carbonyl (C=O) groups is 1. The van der Waals surface area contributed by atoms with Gasteiger partial charge in [0.05, 0.1) is 17.5 Å². The third-order valence-electron chi connectivity index (χ3n) is 3.53. The quantitative estimate of drug-likeness (QED) is 0.844. The number of carbonyl (C=O) groups excluding carboxylic acids is 1. The molecule has 1 N–H and O–H groups in total. The summed E-state index contributed by atoms with van der Waals surface area (Å²) in [5.41, 5.74) is 0. The first kappa shape index (κ1) is 14.8. The predicted molar refractivity (Wildman–Crippen MR) is 78.5 cm³/mol. The van der Waals surface area contributed by atoms with E-state index in [0.29, 0.717) is 12.6 Å². The highest BCUT2D eigenvalue weighted by Gasteiger charge is 2.26. The Morgan fingerprint density at radius 2 is 2.21 bits per heavy atom. The van der Waals surface area contributed by atoms with Gasteiger partial charge in [0.25, 0.3) is 0 Å². The molecule has 0 aliphatic heterocycles. The summed E-state index contributed by atoms with van der Waals surface area (Å²) in [5, 5.41) is 6.31. The number of ether oxygens (including phenoxy) is 1. The highest BCUT2D eigenvalue weighted by atomic mass is 35.5. The van der Waals surface area contributed by atoms with Gasteiger partial charge in [-0.15, -0.1) is 11.3 Å². The van der Waals surface area contributed by atoms with Crippen LogP contribution in [-0.2, 0) is 16.1 Å². The van der Waals surface area contributed by atoms with Crippen LogP contribution in [0.15, 0.2) is 11.4 Å². The molecule has 0 atom stereocenters. The molecule has 1 aliphatic carbocycles. The molecule has 1 heterocycles.